The number of carbonyl (C=O) groups excluding carboxylic acids is 2. The van der Waals surface area contributed by atoms with Crippen LogP contribution >= 0.6 is 0 Å². The molecule has 1 amide bonds. The zero-order chi connectivity index (χ0) is 12.2. The molecule has 92 valence electrons. The summed E-state index contributed by atoms with van der Waals surface area (Å²) in [7, 11) is 0. The summed E-state index contributed by atoms with van der Waals surface area (Å²) in [5, 5.41) is 3.01. The molecule has 1 aliphatic rings. The van der Waals surface area contributed by atoms with Gasteiger partial charge in [0.05, 0.1) is 0 Å². The number of ketones is 1. The van der Waals surface area contributed by atoms with E-state index in [0.717, 1.165) is 25.8 Å². The van der Waals surface area contributed by atoms with Gasteiger partial charge in [-0.15, -0.1) is 0 Å². The van der Waals surface area contributed by atoms with Crippen molar-refractivity contribution in [2.24, 2.45) is 11.3 Å². The van der Waals surface area contributed by atoms with E-state index in [4.69, 9.17) is 0 Å². The van der Waals surface area contributed by atoms with Crippen molar-refractivity contribution in [3.05, 3.63) is 0 Å². The fourth-order valence-electron chi connectivity index (χ4n) is 1.80. The molecule has 0 aromatic rings. The standard InChI is InChI=1S/C13H23NO2/c1-4-13(2,3)9-14-12(16)10-5-7-11(15)8-6-10/h10H,4-9H2,1-3H3,(H,14,16). The Bertz CT molecular complexity index is 261. The number of carbonyl (C=O) groups is 2. The summed E-state index contributed by atoms with van der Waals surface area (Å²) < 4.78 is 0. The van der Waals surface area contributed by atoms with Crippen LogP contribution in [0.2, 0.25) is 0 Å². The van der Waals surface area contributed by atoms with Gasteiger partial charge in [-0.1, -0.05) is 20.8 Å². The lowest BCUT2D eigenvalue weighted by atomic mass is 9.86. The summed E-state index contributed by atoms with van der Waals surface area (Å²) in [6.07, 6.45) is 3.68. The van der Waals surface area contributed by atoms with E-state index in [1.165, 1.54) is 0 Å². The molecule has 1 saturated carbocycles. The maximum absolute atomic E-state index is 11.8. The molecule has 0 aliphatic heterocycles. The molecular weight excluding hydrogens is 202 g/mol. The number of rotatable bonds is 4. The van der Waals surface area contributed by atoms with E-state index in [1.54, 1.807) is 0 Å². The predicted molar refractivity (Wildman–Crippen MR) is 64.0 cm³/mol. The van der Waals surface area contributed by atoms with Crippen molar-refractivity contribution in [1.29, 1.82) is 0 Å². The Balaban J connectivity index is 2.33. The first kappa shape index (κ1) is 13.2. The highest BCUT2D eigenvalue weighted by atomic mass is 16.2. The average molecular weight is 225 g/mol. The second kappa shape index (κ2) is 5.46. The molecule has 0 radical (unpaired) electrons. The maximum Gasteiger partial charge on any atom is 0.223 e. The number of hydrogen-bond acceptors (Lipinski definition) is 2. The first-order valence-electron chi connectivity index (χ1n) is 6.24. The van der Waals surface area contributed by atoms with Crippen LogP contribution < -0.4 is 5.32 Å². The van der Waals surface area contributed by atoms with Crippen LogP contribution in [-0.4, -0.2) is 18.2 Å². The number of hydrogen-bond donors (Lipinski definition) is 1. The Kier molecular flexibility index (Phi) is 4.51. The molecule has 0 spiro atoms. The van der Waals surface area contributed by atoms with E-state index in [-0.39, 0.29) is 17.2 Å². The molecule has 1 rings (SSSR count). The monoisotopic (exact) mass is 225 g/mol. The van der Waals surface area contributed by atoms with Crippen molar-refractivity contribution in [2.75, 3.05) is 6.54 Å². The molecular formula is C13H23NO2. The van der Waals surface area contributed by atoms with Crippen molar-refractivity contribution in [3.8, 4) is 0 Å². The van der Waals surface area contributed by atoms with E-state index in [1.807, 2.05) is 0 Å². The van der Waals surface area contributed by atoms with Crippen molar-refractivity contribution >= 4 is 11.7 Å². The highest BCUT2D eigenvalue weighted by Crippen LogP contribution is 2.22. The fraction of sp³-hybridized carbons (Fsp3) is 0.846. The van der Waals surface area contributed by atoms with Crippen molar-refractivity contribution in [1.82, 2.24) is 5.32 Å². The Labute approximate surface area is 98.0 Å². The Hall–Kier alpha value is -0.860. The van der Waals surface area contributed by atoms with Crippen LogP contribution in [0, 0.1) is 11.3 Å². The molecule has 1 N–H and O–H groups in total. The Morgan fingerprint density at radius 2 is 1.94 bits per heavy atom. The molecule has 0 bridgehead atoms. The molecule has 1 fully saturated rings. The molecule has 16 heavy (non-hydrogen) atoms. The molecule has 1 aliphatic carbocycles. The van der Waals surface area contributed by atoms with Gasteiger partial charge in [0, 0.05) is 25.3 Å². The molecule has 3 nitrogen and oxygen atoms in total. The van der Waals surface area contributed by atoms with E-state index in [9.17, 15) is 9.59 Å². The Morgan fingerprint density at radius 3 is 2.44 bits per heavy atom. The number of amides is 1. The van der Waals surface area contributed by atoms with Crippen molar-refractivity contribution in [3.63, 3.8) is 0 Å². The summed E-state index contributed by atoms with van der Waals surface area (Å²) >= 11 is 0. The third-order valence-electron chi connectivity index (χ3n) is 3.61. The van der Waals surface area contributed by atoms with E-state index >= 15 is 0 Å². The minimum Gasteiger partial charge on any atom is -0.355 e. The molecule has 0 unspecified atom stereocenters. The van der Waals surface area contributed by atoms with Gasteiger partial charge in [-0.2, -0.15) is 0 Å². The minimum absolute atomic E-state index is 0.0605. The van der Waals surface area contributed by atoms with Gasteiger partial charge in [0.15, 0.2) is 0 Å². The summed E-state index contributed by atoms with van der Waals surface area (Å²) in [6, 6.07) is 0. The fourth-order valence-corrected chi connectivity index (χ4v) is 1.80. The van der Waals surface area contributed by atoms with Crippen LogP contribution in [0.3, 0.4) is 0 Å². The maximum atomic E-state index is 11.8. The summed E-state index contributed by atoms with van der Waals surface area (Å²) in [6.45, 7) is 7.16. The van der Waals surface area contributed by atoms with Gasteiger partial charge in [0.25, 0.3) is 0 Å². The van der Waals surface area contributed by atoms with Gasteiger partial charge in [-0.05, 0) is 24.7 Å². The van der Waals surface area contributed by atoms with Gasteiger partial charge >= 0.3 is 0 Å². The molecule has 0 aromatic carbocycles. The Morgan fingerprint density at radius 1 is 1.38 bits per heavy atom. The normalized spacial score (nSPS) is 18.6. The lowest BCUT2D eigenvalue weighted by Gasteiger charge is -2.26. The lowest BCUT2D eigenvalue weighted by molar-refractivity contribution is -0.128. The largest absolute Gasteiger partial charge is 0.355 e. The molecule has 0 aromatic heterocycles. The summed E-state index contributed by atoms with van der Waals surface area (Å²) in [4.78, 5) is 22.9. The van der Waals surface area contributed by atoms with Crippen molar-refractivity contribution < 1.29 is 9.59 Å². The molecule has 0 atom stereocenters. The van der Waals surface area contributed by atoms with Crippen molar-refractivity contribution in [2.45, 2.75) is 52.9 Å². The lowest BCUT2D eigenvalue weighted by Crippen LogP contribution is -2.38. The third kappa shape index (κ3) is 3.95. The van der Waals surface area contributed by atoms with E-state index in [2.05, 4.69) is 26.1 Å². The van der Waals surface area contributed by atoms with Gasteiger partial charge < -0.3 is 5.32 Å². The molecule has 0 heterocycles. The highest BCUT2D eigenvalue weighted by molar-refractivity contribution is 5.84. The van der Waals surface area contributed by atoms with Crippen LogP contribution in [0.1, 0.15) is 52.9 Å². The van der Waals surface area contributed by atoms with Gasteiger partial charge in [-0.3, -0.25) is 9.59 Å². The van der Waals surface area contributed by atoms with Crippen LogP contribution in [0.5, 0.6) is 0 Å². The SMILES string of the molecule is CCC(C)(C)CNC(=O)C1CCC(=O)CC1. The number of Topliss-reactive ketones (excluding diaryl/α,β-unsaturated/α-hetero) is 1. The average Bonchev–Trinajstić information content (AvgIpc) is 2.27. The van der Waals surface area contributed by atoms with Crippen LogP contribution in [0.4, 0.5) is 0 Å². The smallest absolute Gasteiger partial charge is 0.223 e. The van der Waals surface area contributed by atoms with E-state index < -0.39 is 0 Å². The molecule has 0 saturated heterocycles. The van der Waals surface area contributed by atoms with Gasteiger partial charge in [-0.25, -0.2) is 0 Å². The highest BCUT2D eigenvalue weighted by Gasteiger charge is 2.25. The predicted octanol–water partition coefficient (Wildman–Crippen LogP) is 2.30. The van der Waals surface area contributed by atoms with Gasteiger partial charge in [0.2, 0.25) is 5.91 Å². The number of nitrogens with one attached hydrogen (secondary N) is 1. The molecule has 3 heteroatoms. The topological polar surface area (TPSA) is 46.2 Å². The third-order valence-corrected chi connectivity index (χ3v) is 3.61. The first-order valence-corrected chi connectivity index (χ1v) is 6.24. The second-order valence-electron chi connectivity index (χ2n) is 5.55. The second-order valence-corrected chi connectivity index (χ2v) is 5.55. The van der Waals surface area contributed by atoms with Crippen LogP contribution in [0.15, 0.2) is 0 Å². The minimum atomic E-state index is 0.0605. The zero-order valence-electron chi connectivity index (χ0n) is 10.6. The summed E-state index contributed by atoms with van der Waals surface area (Å²) in [5.41, 5.74) is 0.167. The van der Waals surface area contributed by atoms with Gasteiger partial charge in [0.1, 0.15) is 5.78 Å². The van der Waals surface area contributed by atoms with Crippen LogP contribution in [0.25, 0.3) is 0 Å². The summed E-state index contributed by atoms with van der Waals surface area (Å²) in [5.74, 6) is 0.498. The quantitative estimate of drug-likeness (QED) is 0.798. The van der Waals surface area contributed by atoms with E-state index in [0.29, 0.717) is 18.6 Å². The first-order chi connectivity index (χ1) is 7.44. The zero-order valence-corrected chi connectivity index (χ0v) is 10.6. The van der Waals surface area contributed by atoms with Crippen LogP contribution in [-0.2, 0) is 9.59 Å².